The normalized spacial score (nSPS) is 17.2. The van der Waals surface area contributed by atoms with Crippen molar-refractivity contribution in [2.75, 3.05) is 6.54 Å². The van der Waals surface area contributed by atoms with E-state index in [4.69, 9.17) is 10.5 Å². The van der Waals surface area contributed by atoms with Crippen molar-refractivity contribution in [2.45, 2.75) is 81.2 Å². The van der Waals surface area contributed by atoms with Gasteiger partial charge >= 0.3 is 5.97 Å². The van der Waals surface area contributed by atoms with E-state index in [1.165, 1.54) is 17.0 Å². The van der Waals surface area contributed by atoms with E-state index in [2.05, 4.69) is 10.0 Å². The van der Waals surface area contributed by atoms with Gasteiger partial charge in [-0.3, -0.25) is 14.4 Å². The molecule has 3 aromatic carbocycles. The van der Waals surface area contributed by atoms with Crippen LogP contribution in [0.5, 0.6) is 0 Å². The van der Waals surface area contributed by atoms with E-state index < -0.39 is 70.0 Å². The summed E-state index contributed by atoms with van der Waals surface area (Å²) in [4.78, 5) is 53.2. The van der Waals surface area contributed by atoms with Gasteiger partial charge in [0.05, 0.1) is 17.4 Å². The molecule has 13 heteroatoms. The minimum atomic E-state index is -4.33. The van der Waals surface area contributed by atoms with Gasteiger partial charge in [0.25, 0.3) is 5.91 Å². The number of esters is 1. The van der Waals surface area contributed by atoms with E-state index in [0.717, 1.165) is 5.39 Å². The number of amides is 3. The van der Waals surface area contributed by atoms with E-state index in [-0.39, 0.29) is 17.9 Å². The summed E-state index contributed by atoms with van der Waals surface area (Å²) >= 11 is 0. The number of ether oxygens (including phenoxy) is 1. The van der Waals surface area contributed by atoms with E-state index in [9.17, 15) is 32.7 Å². The lowest BCUT2D eigenvalue weighted by atomic mass is 9.99. The fourth-order valence-electron chi connectivity index (χ4n) is 5.36. The second kappa shape index (κ2) is 14.4. The highest BCUT2D eigenvalue weighted by Gasteiger charge is 2.42. The molecule has 0 radical (unpaired) electrons. The van der Waals surface area contributed by atoms with Crippen LogP contribution in [0.25, 0.3) is 10.8 Å². The van der Waals surface area contributed by atoms with E-state index >= 15 is 0 Å². The van der Waals surface area contributed by atoms with Crippen LogP contribution in [0.3, 0.4) is 0 Å². The Balaban J connectivity index is 1.58. The maximum atomic E-state index is 13.6. The minimum Gasteiger partial charge on any atom is -0.458 e. The molecule has 0 bridgehead atoms. The Kier molecular flexibility index (Phi) is 10.8. The number of nitrogens with two attached hydrogens (primary N) is 1. The summed E-state index contributed by atoms with van der Waals surface area (Å²) in [5, 5.41) is 15.4. The molecule has 0 unspecified atom stereocenters. The average molecular weight is 653 g/mol. The number of nitrogens with zero attached hydrogens (tertiary/aromatic N) is 1. The van der Waals surface area contributed by atoms with Crippen LogP contribution in [0.1, 0.15) is 45.6 Å². The first-order chi connectivity index (χ1) is 21.6. The number of nitrogens with one attached hydrogen (secondary N) is 2. The highest BCUT2D eigenvalue weighted by molar-refractivity contribution is 7.89. The SMILES string of the molecule is CC(C)(C)OC(=O)[C@@H]1CCCN1C(=O)[C@@H](O)[C@H](Cc1ccccc1)NC(=O)[C@H](CC(N)=O)NS(=O)(=O)c1ccc2ccccc2c1. The Morgan fingerprint density at radius 2 is 1.65 bits per heavy atom. The van der Waals surface area contributed by atoms with Crippen molar-refractivity contribution >= 4 is 44.5 Å². The number of hydrogen-bond donors (Lipinski definition) is 4. The molecule has 5 N–H and O–H groups in total. The highest BCUT2D eigenvalue weighted by atomic mass is 32.2. The van der Waals surface area contributed by atoms with Crippen molar-refractivity contribution in [1.82, 2.24) is 14.9 Å². The largest absolute Gasteiger partial charge is 0.458 e. The van der Waals surface area contributed by atoms with Crippen molar-refractivity contribution in [3.8, 4) is 0 Å². The van der Waals surface area contributed by atoms with Gasteiger partial charge in [-0.1, -0.05) is 60.7 Å². The fraction of sp³-hybridized carbons (Fsp3) is 0.394. The first-order valence-corrected chi connectivity index (χ1v) is 16.5. The molecule has 1 aliphatic rings. The van der Waals surface area contributed by atoms with Crippen LogP contribution in [-0.2, 0) is 40.4 Å². The van der Waals surface area contributed by atoms with Crippen LogP contribution in [0.15, 0.2) is 77.7 Å². The van der Waals surface area contributed by atoms with Crippen LogP contribution >= 0.6 is 0 Å². The van der Waals surface area contributed by atoms with Gasteiger partial charge in [-0.2, -0.15) is 4.72 Å². The van der Waals surface area contributed by atoms with Gasteiger partial charge in [-0.25, -0.2) is 13.2 Å². The maximum Gasteiger partial charge on any atom is 0.329 e. The molecular weight excluding hydrogens is 612 g/mol. The number of sulfonamides is 1. The molecule has 0 aromatic heterocycles. The fourth-order valence-corrected chi connectivity index (χ4v) is 6.59. The zero-order valence-corrected chi connectivity index (χ0v) is 26.8. The summed E-state index contributed by atoms with van der Waals surface area (Å²) in [6.07, 6.45) is -1.67. The number of fused-ring (bicyclic) bond motifs is 1. The van der Waals surface area contributed by atoms with Gasteiger partial charge < -0.3 is 25.8 Å². The molecular formula is C33H40N4O8S. The second-order valence-corrected chi connectivity index (χ2v) is 14.0. The van der Waals surface area contributed by atoms with Crippen LogP contribution in [-0.4, -0.2) is 78.5 Å². The molecule has 246 valence electrons. The lowest BCUT2D eigenvalue weighted by Crippen LogP contribution is -2.58. The first kappa shape index (κ1) is 34.5. The lowest BCUT2D eigenvalue weighted by Gasteiger charge is -2.32. The predicted molar refractivity (Wildman–Crippen MR) is 171 cm³/mol. The second-order valence-electron chi connectivity index (χ2n) is 12.3. The standard InChI is InChI=1S/C33H40N4O8S/c1-33(2,3)45-32(42)27-14-9-17-37(27)31(41)29(39)25(18-21-10-5-4-6-11-21)35-30(40)26(20-28(34)38)36-46(43,44)24-16-15-22-12-7-8-13-23(22)19-24/h4-8,10-13,15-16,19,25-27,29,36,39H,9,14,17-18,20H2,1-3H3,(H2,34,38)(H,35,40)/t25-,26-,27-,29-/m0/s1. The van der Waals surface area contributed by atoms with Gasteiger partial charge in [-0.15, -0.1) is 0 Å². The number of benzene rings is 3. The molecule has 1 heterocycles. The van der Waals surface area contributed by atoms with Gasteiger partial charge in [-0.05, 0) is 68.5 Å². The molecule has 4 rings (SSSR count). The van der Waals surface area contributed by atoms with E-state index in [0.29, 0.717) is 23.8 Å². The molecule has 4 atom stereocenters. The van der Waals surface area contributed by atoms with Crippen molar-refractivity contribution in [3.63, 3.8) is 0 Å². The summed E-state index contributed by atoms with van der Waals surface area (Å²) in [6.45, 7) is 5.33. The van der Waals surface area contributed by atoms with Crippen LogP contribution < -0.4 is 15.8 Å². The number of carbonyl (C=O) groups excluding carboxylic acids is 4. The Labute approximate surface area is 268 Å². The summed E-state index contributed by atoms with van der Waals surface area (Å²) in [5.74, 6) is -3.31. The molecule has 1 aliphatic heterocycles. The predicted octanol–water partition coefficient (Wildman–Crippen LogP) is 1.78. The molecule has 3 amide bonds. The van der Waals surface area contributed by atoms with Crippen molar-refractivity contribution < 1.29 is 37.4 Å². The van der Waals surface area contributed by atoms with Gasteiger partial charge in [0.1, 0.15) is 17.7 Å². The van der Waals surface area contributed by atoms with Crippen LogP contribution in [0.4, 0.5) is 0 Å². The summed E-state index contributed by atoms with van der Waals surface area (Å²) < 4.78 is 34.5. The Bertz CT molecular complexity index is 1690. The Hall–Kier alpha value is -4.33. The molecule has 12 nitrogen and oxygen atoms in total. The van der Waals surface area contributed by atoms with Gasteiger partial charge in [0.2, 0.25) is 21.8 Å². The molecule has 1 saturated heterocycles. The third-order valence-electron chi connectivity index (χ3n) is 7.53. The quantitative estimate of drug-likeness (QED) is 0.213. The van der Waals surface area contributed by atoms with Gasteiger partial charge in [0, 0.05) is 6.54 Å². The van der Waals surface area contributed by atoms with Gasteiger partial charge in [0.15, 0.2) is 6.10 Å². The smallest absolute Gasteiger partial charge is 0.329 e. The first-order valence-electron chi connectivity index (χ1n) is 15.0. The minimum absolute atomic E-state index is 0.0227. The third kappa shape index (κ3) is 8.89. The number of aliphatic hydroxyl groups excluding tert-OH is 1. The molecule has 0 spiro atoms. The monoisotopic (exact) mass is 652 g/mol. The van der Waals surface area contributed by atoms with Crippen molar-refractivity contribution in [3.05, 3.63) is 78.4 Å². The van der Waals surface area contributed by atoms with Crippen molar-refractivity contribution in [1.29, 1.82) is 0 Å². The van der Waals surface area contributed by atoms with Crippen LogP contribution in [0.2, 0.25) is 0 Å². The average Bonchev–Trinajstić information content (AvgIpc) is 3.49. The molecule has 1 fully saturated rings. The Morgan fingerprint density at radius 1 is 1.00 bits per heavy atom. The zero-order valence-electron chi connectivity index (χ0n) is 26.0. The Morgan fingerprint density at radius 3 is 2.30 bits per heavy atom. The highest BCUT2D eigenvalue weighted by Crippen LogP contribution is 2.24. The topological polar surface area (TPSA) is 185 Å². The number of primary amides is 1. The number of aliphatic hydroxyl groups is 1. The number of carbonyl (C=O) groups is 4. The molecule has 0 saturated carbocycles. The van der Waals surface area contributed by atoms with Crippen LogP contribution in [0, 0.1) is 0 Å². The third-order valence-corrected chi connectivity index (χ3v) is 8.99. The molecule has 46 heavy (non-hydrogen) atoms. The van der Waals surface area contributed by atoms with E-state index in [1.54, 1.807) is 69.3 Å². The molecule has 0 aliphatic carbocycles. The molecule has 3 aromatic rings. The summed E-state index contributed by atoms with van der Waals surface area (Å²) in [6, 6.07) is 16.5. The van der Waals surface area contributed by atoms with Crippen molar-refractivity contribution in [2.24, 2.45) is 5.73 Å². The number of rotatable bonds is 12. The van der Waals surface area contributed by atoms with E-state index in [1.807, 2.05) is 12.1 Å². The maximum absolute atomic E-state index is 13.6. The zero-order chi connectivity index (χ0) is 33.6. The number of likely N-dealkylation sites (tertiary alicyclic amines) is 1. The summed E-state index contributed by atoms with van der Waals surface area (Å²) in [7, 11) is -4.33. The lowest BCUT2D eigenvalue weighted by molar-refractivity contribution is -0.165. The summed E-state index contributed by atoms with van der Waals surface area (Å²) in [5.41, 5.74) is 5.26. The number of hydrogen-bond acceptors (Lipinski definition) is 8.